The zero-order chi connectivity index (χ0) is 4.50. The number of hydrogen-bond acceptors (Lipinski definition) is 1. The molecule has 0 unspecified atom stereocenters. The molecular formula is H6AlCl3O4P. The summed E-state index contributed by atoms with van der Waals surface area (Å²) >= 11 is 0. The summed E-state index contributed by atoms with van der Waals surface area (Å²) in [6.07, 6.45) is 0. The van der Waals surface area contributed by atoms with Crippen LogP contribution in [0.2, 0.25) is 0 Å². The van der Waals surface area contributed by atoms with E-state index in [9.17, 15) is 0 Å². The molecule has 0 aromatic rings. The van der Waals surface area contributed by atoms with Crippen molar-refractivity contribution >= 4 is 62.4 Å². The average Bonchev–Trinajstić information content (AvgIpc) is 0.722. The van der Waals surface area contributed by atoms with Crippen LogP contribution in [0.1, 0.15) is 0 Å². The third kappa shape index (κ3) is 235. The molecule has 0 saturated heterocycles. The molecular weight excluding hydrogens is 228 g/mol. The summed E-state index contributed by atoms with van der Waals surface area (Å²) < 4.78 is 8.88. The Hall–Kier alpha value is 1.51. The van der Waals surface area contributed by atoms with Crippen molar-refractivity contribution in [2.45, 2.75) is 0 Å². The van der Waals surface area contributed by atoms with Crippen LogP contribution in [0.4, 0.5) is 0 Å². The molecule has 9 heteroatoms. The van der Waals surface area contributed by atoms with Crippen molar-refractivity contribution < 1.29 is 19.2 Å². The smallest absolute Gasteiger partial charge is 0.303 e. The fourth-order valence-corrected chi connectivity index (χ4v) is 0. The van der Waals surface area contributed by atoms with E-state index in [4.69, 9.17) is 19.2 Å². The highest BCUT2D eigenvalue weighted by molar-refractivity contribution is 7.45. The molecule has 0 saturated carbocycles. The molecule has 59 valence electrons. The average molecular weight is 234 g/mol. The largest absolute Gasteiger partial charge is 0.466 e. The van der Waals surface area contributed by atoms with Gasteiger partial charge in [-0.3, -0.25) is 0 Å². The van der Waals surface area contributed by atoms with Crippen molar-refractivity contribution in [2.75, 3.05) is 0 Å². The van der Waals surface area contributed by atoms with E-state index in [0.717, 1.165) is 0 Å². The van der Waals surface area contributed by atoms with Crippen LogP contribution in [0.5, 0.6) is 0 Å². The van der Waals surface area contributed by atoms with E-state index in [1.54, 1.807) is 0 Å². The molecule has 0 aliphatic heterocycles. The summed E-state index contributed by atoms with van der Waals surface area (Å²) in [6, 6.07) is 0. The number of hydrogen-bond donors (Lipinski definition) is 3. The van der Waals surface area contributed by atoms with E-state index in [1.807, 2.05) is 0 Å². The molecule has 4 nitrogen and oxygen atoms in total. The van der Waals surface area contributed by atoms with E-state index in [1.165, 1.54) is 0 Å². The first kappa shape index (κ1) is 31.3. The van der Waals surface area contributed by atoms with Crippen LogP contribution < -0.4 is 0 Å². The molecule has 0 aliphatic rings. The summed E-state index contributed by atoms with van der Waals surface area (Å²) in [5.74, 6) is 0. The van der Waals surface area contributed by atoms with Gasteiger partial charge in [-0.25, -0.2) is 4.57 Å². The van der Waals surface area contributed by atoms with Gasteiger partial charge in [-0.05, 0) is 0 Å². The lowest BCUT2D eigenvalue weighted by Crippen LogP contribution is -1.66. The van der Waals surface area contributed by atoms with Gasteiger partial charge in [0.05, 0.1) is 0 Å². The third-order valence-corrected chi connectivity index (χ3v) is 0. The van der Waals surface area contributed by atoms with Gasteiger partial charge in [0.15, 0.2) is 0 Å². The molecule has 0 atom stereocenters. The normalized spacial score (nSPS) is 6.56. The minimum absolute atomic E-state index is 0. The van der Waals surface area contributed by atoms with E-state index in [-0.39, 0.29) is 54.6 Å². The van der Waals surface area contributed by atoms with Crippen LogP contribution in [0.3, 0.4) is 0 Å². The van der Waals surface area contributed by atoms with Crippen LogP contribution >= 0.6 is 45.0 Å². The standard InChI is InChI=1S/Al.3ClH.H3O4P/c;;;;1-5(2,3)4/h;3*1H;(H3,1,2,3,4). The highest BCUT2D eigenvalue weighted by Crippen LogP contribution is 2.25. The molecule has 0 spiro atoms. The predicted molar refractivity (Wildman–Crippen MR) is 41.8 cm³/mol. The first-order valence-electron chi connectivity index (χ1n) is 0.783. The van der Waals surface area contributed by atoms with Gasteiger partial charge >= 0.3 is 7.82 Å². The van der Waals surface area contributed by atoms with Gasteiger partial charge in [-0.1, -0.05) is 0 Å². The maximum absolute atomic E-state index is 8.88. The summed E-state index contributed by atoms with van der Waals surface area (Å²) in [7, 11) is -4.64. The predicted octanol–water partition coefficient (Wildman–Crippen LogP) is -0.0440. The maximum Gasteiger partial charge on any atom is 0.466 e. The second-order valence-corrected chi connectivity index (χ2v) is 1.54. The van der Waals surface area contributed by atoms with Crippen LogP contribution in [0.25, 0.3) is 0 Å². The van der Waals surface area contributed by atoms with Crippen LogP contribution in [0.15, 0.2) is 0 Å². The highest BCUT2D eigenvalue weighted by Gasteiger charge is 2.00. The van der Waals surface area contributed by atoms with Crippen LogP contribution in [0, 0.1) is 0 Å². The Labute approximate surface area is 81.6 Å². The van der Waals surface area contributed by atoms with E-state index >= 15 is 0 Å². The molecule has 0 bridgehead atoms. The van der Waals surface area contributed by atoms with Gasteiger partial charge in [-0.2, -0.15) is 0 Å². The molecule has 9 heavy (non-hydrogen) atoms. The Morgan fingerprint density at radius 3 is 0.889 bits per heavy atom. The van der Waals surface area contributed by atoms with E-state index < -0.39 is 7.82 Å². The number of rotatable bonds is 0. The fraction of sp³-hybridized carbons (Fsp3) is 0. The van der Waals surface area contributed by atoms with Gasteiger partial charge in [0.25, 0.3) is 0 Å². The maximum atomic E-state index is 8.88. The Bertz CT molecular complexity index is 61.9. The van der Waals surface area contributed by atoms with E-state index in [2.05, 4.69) is 0 Å². The van der Waals surface area contributed by atoms with Crippen molar-refractivity contribution in [3.63, 3.8) is 0 Å². The van der Waals surface area contributed by atoms with Crippen molar-refractivity contribution in [2.24, 2.45) is 0 Å². The lowest BCUT2D eigenvalue weighted by atomic mass is 15.8. The Balaban J connectivity index is -0.0000000133. The molecule has 0 heterocycles. The Kier molecular flexibility index (Phi) is 42.5. The summed E-state index contributed by atoms with van der Waals surface area (Å²) in [6.45, 7) is 0. The Morgan fingerprint density at radius 1 is 0.889 bits per heavy atom. The van der Waals surface area contributed by atoms with Gasteiger partial charge < -0.3 is 14.7 Å². The van der Waals surface area contributed by atoms with Gasteiger partial charge in [-0.15, -0.1) is 37.2 Å². The zero-order valence-electron chi connectivity index (χ0n) is 4.00. The first-order chi connectivity index (χ1) is 2.00. The number of phosphoric acid groups is 1. The van der Waals surface area contributed by atoms with Crippen molar-refractivity contribution in [3.05, 3.63) is 0 Å². The Morgan fingerprint density at radius 2 is 0.889 bits per heavy atom. The summed E-state index contributed by atoms with van der Waals surface area (Å²) in [4.78, 5) is 21.6. The van der Waals surface area contributed by atoms with Gasteiger partial charge in [0.2, 0.25) is 0 Å². The van der Waals surface area contributed by atoms with Crippen molar-refractivity contribution in [1.82, 2.24) is 0 Å². The van der Waals surface area contributed by atoms with Gasteiger partial charge in [0.1, 0.15) is 0 Å². The molecule has 0 aromatic heterocycles. The highest BCUT2D eigenvalue weighted by atomic mass is 35.5. The number of halogens is 3. The van der Waals surface area contributed by atoms with Crippen LogP contribution in [-0.4, -0.2) is 32.0 Å². The molecule has 3 radical (unpaired) electrons. The first-order valence-corrected chi connectivity index (χ1v) is 2.35. The lowest BCUT2D eigenvalue weighted by Gasteiger charge is -1.82. The van der Waals surface area contributed by atoms with E-state index in [0.29, 0.717) is 0 Å². The monoisotopic (exact) mass is 233 g/mol. The minimum Gasteiger partial charge on any atom is -0.303 e. The SMILES string of the molecule is Cl.Cl.Cl.O=P(O)(O)O.[Al]. The lowest BCUT2D eigenvalue weighted by molar-refractivity contribution is 0.275. The molecule has 0 fully saturated rings. The van der Waals surface area contributed by atoms with Crippen molar-refractivity contribution in [1.29, 1.82) is 0 Å². The second-order valence-electron chi connectivity index (χ2n) is 0.513. The molecule has 0 amide bonds. The molecule has 0 rings (SSSR count). The fourth-order valence-electron chi connectivity index (χ4n) is 0. The topological polar surface area (TPSA) is 77.8 Å². The quantitative estimate of drug-likeness (QED) is 0.406. The molecule has 0 aromatic carbocycles. The zero-order valence-corrected chi connectivity index (χ0v) is 8.50. The second kappa shape index (κ2) is 12.2. The van der Waals surface area contributed by atoms with Crippen LogP contribution in [-0.2, 0) is 4.57 Å². The molecule has 3 N–H and O–H groups in total. The summed E-state index contributed by atoms with van der Waals surface area (Å²) in [5.41, 5.74) is 0. The third-order valence-electron chi connectivity index (χ3n) is 0. The van der Waals surface area contributed by atoms with Gasteiger partial charge in [0, 0.05) is 17.4 Å². The van der Waals surface area contributed by atoms with Crippen molar-refractivity contribution in [3.8, 4) is 0 Å². The minimum atomic E-state index is -4.64. The summed E-state index contributed by atoms with van der Waals surface area (Å²) in [5, 5.41) is 0. The molecule has 0 aliphatic carbocycles.